The lowest BCUT2D eigenvalue weighted by Gasteiger charge is -2.45. The maximum Gasteiger partial charge on any atom is 0.222 e. The van der Waals surface area contributed by atoms with Crippen LogP contribution in [0.3, 0.4) is 0 Å². The Morgan fingerprint density at radius 1 is 1.00 bits per heavy atom. The highest BCUT2D eigenvalue weighted by molar-refractivity contribution is 5.76. The molecule has 0 aromatic carbocycles. The fraction of sp³-hybridized carbons (Fsp3) is 0.955. The van der Waals surface area contributed by atoms with Gasteiger partial charge in [-0.3, -0.25) is 9.69 Å². The summed E-state index contributed by atoms with van der Waals surface area (Å²) in [7, 11) is 0. The number of hydrogen-bond acceptors (Lipinski definition) is 5. The Morgan fingerprint density at radius 3 is 2.61 bits per heavy atom. The second kappa shape index (κ2) is 9.88. The van der Waals surface area contributed by atoms with Crippen LogP contribution >= 0.6 is 0 Å². The molecule has 0 unspecified atom stereocenters. The van der Waals surface area contributed by atoms with Crippen molar-refractivity contribution in [2.75, 3.05) is 32.8 Å². The fourth-order valence-corrected chi connectivity index (χ4v) is 5.22. The van der Waals surface area contributed by atoms with E-state index >= 15 is 0 Å². The number of aliphatic hydroxyl groups excluding tert-OH is 1. The number of nitrogens with one attached hydrogen (secondary N) is 1. The lowest BCUT2D eigenvalue weighted by molar-refractivity contribution is -0.158. The molecule has 0 bridgehead atoms. The standard InChI is InChI=1S/C22H38N2O4/c25-18-13-24(12-17-4-2-1-3-5-17)20-9-8-19(28-21(20)15-27-14-18)10-22(26)23-11-16-6-7-16/h16-21,25H,1-15H2,(H,23,26)/t18-,19-,20-,21+/m1/s1. The Balaban J connectivity index is 1.32. The van der Waals surface area contributed by atoms with Crippen molar-refractivity contribution in [1.29, 1.82) is 0 Å². The number of aliphatic hydroxyl groups is 1. The van der Waals surface area contributed by atoms with Gasteiger partial charge in [0.2, 0.25) is 5.91 Å². The number of ether oxygens (including phenoxy) is 2. The predicted molar refractivity (Wildman–Crippen MR) is 107 cm³/mol. The molecule has 2 N–H and O–H groups in total. The minimum Gasteiger partial charge on any atom is -0.389 e. The normalized spacial score (nSPS) is 35.6. The Bertz CT molecular complexity index is 507. The van der Waals surface area contributed by atoms with Gasteiger partial charge in [-0.15, -0.1) is 0 Å². The van der Waals surface area contributed by atoms with Crippen molar-refractivity contribution < 1.29 is 19.4 Å². The molecule has 0 aromatic heterocycles. The van der Waals surface area contributed by atoms with E-state index in [2.05, 4.69) is 10.2 Å². The van der Waals surface area contributed by atoms with Crippen LogP contribution in [0, 0.1) is 11.8 Å². The highest BCUT2D eigenvalue weighted by Crippen LogP contribution is 2.31. The summed E-state index contributed by atoms with van der Waals surface area (Å²) in [4.78, 5) is 14.7. The van der Waals surface area contributed by atoms with Gasteiger partial charge in [0.15, 0.2) is 0 Å². The van der Waals surface area contributed by atoms with E-state index in [1.807, 2.05) is 0 Å². The third-order valence-corrected chi connectivity index (χ3v) is 7.00. The van der Waals surface area contributed by atoms with Gasteiger partial charge >= 0.3 is 0 Å². The molecule has 4 aliphatic rings. The van der Waals surface area contributed by atoms with Crippen LogP contribution in [0.1, 0.15) is 64.2 Å². The lowest BCUT2D eigenvalue weighted by Crippen LogP contribution is -2.56. The number of hydrogen-bond donors (Lipinski definition) is 2. The summed E-state index contributed by atoms with van der Waals surface area (Å²) in [5.74, 6) is 1.57. The van der Waals surface area contributed by atoms with Crippen LogP contribution in [0.25, 0.3) is 0 Å². The molecule has 2 heterocycles. The predicted octanol–water partition coefficient (Wildman–Crippen LogP) is 2.09. The van der Waals surface area contributed by atoms with Gasteiger partial charge in [-0.25, -0.2) is 0 Å². The third-order valence-electron chi connectivity index (χ3n) is 7.00. The number of nitrogens with zero attached hydrogens (tertiary/aromatic N) is 1. The summed E-state index contributed by atoms with van der Waals surface area (Å²) in [5, 5.41) is 13.4. The molecule has 4 rings (SSSR count). The zero-order valence-electron chi connectivity index (χ0n) is 17.2. The molecule has 0 spiro atoms. The molecule has 2 saturated heterocycles. The van der Waals surface area contributed by atoms with E-state index in [4.69, 9.17) is 9.47 Å². The maximum atomic E-state index is 12.2. The number of carbonyl (C=O) groups excluding carboxylic acids is 1. The first-order valence-corrected chi connectivity index (χ1v) is 11.6. The van der Waals surface area contributed by atoms with Crippen LogP contribution in [0.4, 0.5) is 0 Å². The van der Waals surface area contributed by atoms with Crippen molar-refractivity contribution in [3.63, 3.8) is 0 Å². The van der Waals surface area contributed by atoms with Crippen LogP contribution in [0.5, 0.6) is 0 Å². The van der Waals surface area contributed by atoms with Gasteiger partial charge < -0.3 is 19.9 Å². The van der Waals surface area contributed by atoms with Gasteiger partial charge in [0, 0.05) is 25.7 Å². The molecular formula is C22H38N2O4. The molecule has 1 amide bonds. The van der Waals surface area contributed by atoms with Crippen LogP contribution in [0.15, 0.2) is 0 Å². The Labute approximate surface area is 169 Å². The van der Waals surface area contributed by atoms with E-state index in [0.29, 0.717) is 38.1 Å². The van der Waals surface area contributed by atoms with Gasteiger partial charge in [0.05, 0.1) is 37.9 Å². The summed E-state index contributed by atoms with van der Waals surface area (Å²) in [5.41, 5.74) is 0. The third kappa shape index (κ3) is 5.91. The molecule has 0 radical (unpaired) electrons. The number of carbonyl (C=O) groups is 1. The van der Waals surface area contributed by atoms with E-state index in [-0.39, 0.29) is 18.1 Å². The lowest BCUT2D eigenvalue weighted by atomic mass is 9.87. The number of fused-ring (bicyclic) bond motifs is 1. The molecule has 6 heteroatoms. The SMILES string of the molecule is O=C(C[C@H]1CC[C@@H]2[C@H](COC[C@H](O)CN2CC2CCCCC2)O1)NCC1CC1. The molecule has 28 heavy (non-hydrogen) atoms. The number of amides is 1. The second-order valence-electron chi connectivity index (χ2n) is 9.54. The second-order valence-corrected chi connectivity index (χ2v) is 9.54. The van der Waals surface area contributed by atoms with E-state index in [1.54, 1.807) is 0 Å². The van der Waals surface area contributed by atoms with E-state index in [1.165, 1.54) is 44.9 Å². The first-order valence-electron chi connectivity index (χ1n) is 11.6. The Morgan fingerprint density at radius 2 is 1.82 bits per heavy atom. The van der Waals surface area contributed by atoms with Gasteiger partial charge in [0.1, 0.15) is 0 Å². The maximum absolute atomic E-state index is 12.2. The molecule has 160 valence electrons. The van der Waals surface area contributed by atoms with Crippen LogP contribution < -0.4 is 5.32 Å². The number of rotatable bonds is 6. The topological polar surface area (TPSA) is 71.0 Å². The van der Waals surface area contributed by atoms with Crippen molar-refractivity contribution in [1.82, 2.24) is 10.2 Å². The highest BCUT2D eigenvalue weighted by atomic mass is 16.5. The molecule has 2 aliphatic carbocycles. The van der Waals surface area contributed by atoms with E-state index < -0.39 is 6.10 Å². The van der Waals surface area contributed by atoms with Crippen LogP contribution in [0.2, 0.25) is 0 Å². The zero-order valence-corrected chi connectivity index (χ0v) is 17.2. The highest BCUT2D eigenvalue weighted by Gasteiger charge is 2.38. The van der Waals surface area contributed by atoms with Gasteiger partial charge in [-0.05, 0) is 50.4 Å². The average Bonchev–Trinajstić information content (AvgIpc) is 3.50. The molecule has 2 saturated carbocycles. The quantitative estimate of drug-likeness (QED) is 0.722. The Hall–Kier alpha value is -0.690. The molecule has 4 atom stereocenters. The first-order chi connectivity index (χ1) is 13.7. The summed E-state index contributed by atoms with van der Waals surface area (Å²) >= 11 is 0. The molecule has 2 aliphatic heterocycles. The number of β-amino-alcohol motifs (C(OH)–C–C–N with tert-alkyl or cyclic N) is 1. The van der Waals surface area contributed by atoms with Crippen LogP contribution in [-0.4, -0.2) is 73.1 Å². The van der Waals surface area contributed by atoms with Crippen LogP contribution in [-0.2, 0) is 14.3 Å². The van der Waals surface area contributed by atoms with Crippen molar-refractivity contribution in [2.45, 2.75) is 88.6 Å². The van der Waals surface area contributed by atoms with Crippen molar-refractivity contribution in [2.24, 2.45) is 11.8 Å². The van der Waals surface area contributed by atoms with Crippen molar-refractivity contribution in [3.8, 4) is 0 Å². The minimum atomic E-state index is -0.421. The minimum absolute atomic E-state index is 0.00562. The van der Waals surface area contributed by atoms with Crippen molar-refractivity contribution >= 4 is 5.91 Å². The smallest absolute Gasteiger partial charge is 0.222 e. The monoisotopic (exact) mass is 394 g/mol. The summed E-state index contributed by atoms with van der Waals surface area (Å²) < 4.78 is 12.1. The summed E-state index contributed by atoms with van der Waals surface area (Å²) in [6.45, 7) is 3.46. The zero-order chi connectivity index (χ0) is 19.3. The molecular weight excluding hydrogens is 356 g/mol. The largest absolute Gasteiger partial charge is 0.389 e. The molecule has 4 fully saturated rings. The first kappa shape index (κ1) is 20.6. The molecule has 0 aromatic rings. The summed E-state index contributed by atoms with van der Waals surface area (Å²) in [6.07, 6.45) is 11.1. The fourth-order valence-electron chi connectivity index (χ4n) is 5.22. The van der Waals surface area contributed by atoms with E-state index in [9.17, 15) is 9.90 Å². The van der Waals surface area contributed by atoms with Gasteiger partial charge in [0.25, 0.3) is 0 Å². The average molecular weight is 395 g/mol. The van der Waals surface area contributed by atoms with Gasteiger partial charge in [-0.1, -0.05) is 19.3 Å². The van der Waals surface area contributed by atoms with Crippen molar-refractivity contribution in [3.05, 3.63) is 0 Å². The Kier molecular flexibility index (Phi) is 7.26. The molecule has 6 nitrogen and oxygen atoms in total. The van der Waals surface area contributed by atoms with Gasteiger partial charge in [-0.2, -0.15) is 0 Å². The summed E-state index contributed by atoms with van der Waals surface area (Å²) in [6, 6.07) is 0.294. The van der Waals surface area contributed by atoms with E-state index in [0.717, 1.165) is 31.8 Å².